The Morgan fingerprint density at radius 3 is 2.23 bits per heavy atom. The second-order valence-electron chi connectivity index (χ2n) is 5.13. The third kappa shape index (κ3) is 4.77. The smallest absolute Gasteiger partial charge is 0.191 e. The van der Waals surface area contributed by atoms with Crippen LogP contribution in [0, 0.1) is 0 Å². The summed E-state index contributed by atoms with van der Waals surface area (Å²) in [6.07, 6.45) is -0.931. The largest absolute Gasteiger partial charge is 0.389 e. The van der Waals surface area contributed by atoms with Gasteiger partial charge in [-0.3, -0.25) is 4.79 Å². The van der Waals surface area contributed by atoms with Crippen molar-refractivity contribution in [3.05, 3.63) is 71.8 Å². The standard InChI is InChI=1S/C18H21NO3/c19-12-16(20)13-22-17(11-14-7-3-1-4-8-14)18(21)15-9-5-2-6-10-15/h1-10,16-17,20H,11-13,19H2. The number of ketones is 1. The SMILES string of the molecule is NCC(O)COC(Cc1ccccc1)C(=O)c1ccccc1. The van der Waals surface area contributed by atoms with Gasteiger partial charge in [-0.2, -0.15) is 0 Å². The molecule has 0 fully saturated rings. The summed E-state index contributed by atoms with van der Waals surface area (Å²) >= 11 is 0. The van der Waals surface area contributed by atoms with Crippen LogP contribution in [0.25, 0.3) is 0 Å². The molecule has 0 aliphatic carbocycles. The van der Waals surface area contributed by atoms with E-state index in [9.17, 15) is 9.90 Å². The van der Waals surface area contributed by atoms with E-state index in [4.69, 9.17) is 10.5 Å². The first-order chi connectivity index (χ1) is 10.7. The monoisotopic (exact) mass is 299 g/mol. The lowest BCUT2D eigenvalue weighted by Gasteiger charge is -2.19. The fourth-order valence-corrected chi connectivity index (χ4v) is 2.14. The third-order valence-corrected chi connectivity index (χ3v) is 3.38. The van der Waals surface area contributed by atoms with E-state index in [1.54, 1.807) is 12.1 Å². The molecule has 0 aliphatic rings. The van der Waals surface area contributed by atoms with Gasteiger partial charge in [-0.05, 0) is 5.56 Å². The first kappa shape index (κ1) is 16.4. The number of rotatable bonds is 8. The van der Waals surface area contributed by atoms with Gasteiger partial charge in [0.1, 0.15) is 6.10 Å². The molecular weight excluding hydrogens is 278 g/mol. The van der Waals surface area contributed by atoms with Crippen LogP contribution in [0.3, 0.4) is 0 Å². The van der Waals surface area contributed by atoms with Gasteiger partial charge in [-0.1, -0.05) is 60.7 Å². The molecule has 0 spiro atoms. The van der Waals surface area contributed by atoms with Gasteiger partial charge in [0.15, 0.2) is 5.78 Å². The molecule has 116 valence electrons. The predicted octanol–water partition coefficient (Wildman–Crippen LogP) is 1.82. The molecule has 0 saturated carbocycles. The summed E-state index contributed by atoms with van der Waals surface area (Å²) in [6, 6.07) is 18.7. The van der Waals surface area contributed by atoms with Crippen LogP contribution in [0.2, 0.25) is 0 Å². The van der Waals surface area contributed by atoms with Gasteiger partial charge < -0.3 is 15.6 Å². The van der Waals surface area contributed by atoms with Crippen LogP contribution >= 0.6 is 0 Å². The van der Waals surface area contributed by atoms with Crippen molar-refractivity contribution in [2.45, 2.75) is 18.6 Å². The Bertz CT molecular complexity index is 571. The number of benzene rings is 2. The van der Waals surface area contributed by atoms with Crippen LogP contribution in [0.1, 0.15) is 15.9 Å². The minimum atomic E-state index is -0.762. The average Bonchev–Trinajstić information content (AvgIpc) is 2.59. The van der Waals surface area contributed by atoms with Gasteiger partial charge in [0, 0.05) is 18.5 Å². The van der Waals surface area contributed by atoms with E-state index in [1.807, 2.05) is 48.5 Å². The van der Waals surface area contributed by atoms with E-state index < -0.39 is 12.2 Å². The normalized spacial score (nSPS) is 13.5. The molecule has 22 heavy (non-hydrogen) atoms. The number of Topliss-reactive ketones (excluding diaryl/α,β-unsaturated/α-hetero) is 1. The highest BCUT2D eigenvalue weighted by Crippen LogP contribution is 2.13. The van der Waals surface area contributed by atoms with Gasteiger partial charge in [0.05, 0.1) is 12.7 Å². The van der Waals surface area contributed by atoms with E-state index in [0.29, 0.717) is 12.0 Å². The van der Waals surface area contributed by atoms with Crippen LogP contribution in [0.4, 0.5) is 0 Å². The van der Waals surface area contributed by atoms with Crippen molar-refractivity contribution in [2.75, 3.05) is 13.2 Å². The van der Waals surface area contributed by atoms with Crippen molar-refractivity contribution in [1.29, 1.82) is 0 Å². The van der Waals surface area contributed by atoms with E-state index in [1.165, 1.54) is 0 Å². The quantitative estimate of drug-likeness (QED) is 0.729. The van der Waals surface area contributed by atoms with Gasteiger partial charge in [0.25, 0.3) is 0 Å². The van der Waals surface area contributed by atoms with Crippen LogP contribution < -0.4 is 5.73 Å². The van der Waals surface area contributed by atoms with Crippen LogP contribution in [-0.4, -0.2) is 36.2 Å². The molecule has 3 N–H and O–H groups in total. The Hall–Kier alpha value is -2.01. The molecule has 0 aromatic heterocycles. The number of aliphatic hydroxyl groups excluding tert-OH is 1. The number of carbonyl (C=O) groups is 1. The van der Waals surface area contributed by atoms with E-state index >= 15 is 0 Å². The molecule has 2 aromatic rings. The Morgan fingerprint density at radius 2 is 1.64 bits per heavy atom. The van der Waals surface area contributed by atoms with Gasteiger partial charge in [-0.25, -0.2) is 0 Å². The first-order valence-electron chi connectivity index (χ1n) is 7.33. The number of hydrogen-bond donors (Lipinski definition) is 2. The van der Waals surface area contributed by atoms with Gasteiger partial charge >= 0.3 is 0 Å². The second-order valence-corrected chi connectivity index (χ2v) is 5.13. The Labute approximate surface area is 130 Å². The topological polar surface area (TPSA) is 72.6 Å². The van der Waals surface area contributed by atoms with Gasteiger partial charge in [-0.15, -0.1) is 0 Å². The summed E-state index contributed by atoms with van der Waals surface area (Å²) in [5.74, 6) is -0.0892. The maximum atomic E-state index is 12.6. The third-order valence-electron chi connectivity index (χ3n) is 3.38. The number of hydrogen-bond acceptors (Lipinski definition) is 4. The number of ether oxygens (including phenoxy) is 1. The minimum absolute atomic E-state index is 0.0482. The van der Waals surface area contributed by atoms with E-state index in [2.05, 4.69) is 0 Å². The van der Waals surface area contributed by atoms with Crippen molar-refractivity contribution < 1.29 is 14.6 Å². The summed E-state index contributed by atoms with van der Waals surface area (Å²) < 4.78 is 5.64. The highest BCUT2D eigenvalue weighted by atomic mass is 16.5. The lowest BCUT2D eigenvalue weighted by molar-refractivity contribution is 0.000742. The van der Waals surface area contributed by atoms with Crippen molar-refractivity contribution in [3.63, 3.8) is 0 Å². The minimum Gasteiger partial charge on any atom is -0.389 e. The summed E-state index contributed by atoms with van der Waals surface area (Å²) in [6.45, 7) is 0.157. The maximum absolute atomic E-state index is 12.6. The summed E-state index contributed by atoms with van der Waals surface area (Å²) in [5.41, 5.74) is 7.00. The molecule has 0 bridgehead atoms. The molecule has 0 aliphatic heterocycles. The van der Waals surface area contributed by atoms with Crippen LogP contribution in [-0.2, 0) is 11.2 Å². The van der Waals surface area contributed by atoms with Gasteiger partial charge in [0.2, 0.25) is 0 Å². The molecule has 0 radical (unpaired) electrons. The predicted molar refractivity (Wildman–Crippen MR) is 85.7 cm³/mol. The molecule has 4 nitrogen and oxygen atoms in total. The average molecular weight is 299 g/mol. The highest BCUT2D eigenvalue weighted by Gasteiger charge is 2.22. The molecule has 0 amide bonds. The maximum Gasteiger partial charge on any atom is 0.191 e. The zero-order valence-corrected chi connectivity index (χ0v) is 12.4. The van der Waals surface area contributed by atoms with Crippen LogP contribution in [0.15, 0.2) is 60.7 Å². The summed E-state index contributed by atoms with van der Waals surface area (Å²) in [4.78, 5) is 12.6. The van der Waals surface area contributed by atoms with E-state index in [0.717, 1.165) is 5.56 Å². The van der Waals surface area contributed by atoms with Crippen molar-refractivity contribution in [2.24, 2.45) is 5.73 Å². The number of aliphatic hydroxyl groups is 1. The summed E-state index contributed by atoms with van der Waals surface area (Å²) in [5, 5.41) is 9.56. The van der Waals surface area contributed by atoms with Crippen molar-refractivity contribution >= 4 is 5.78 Å². The number of carbonyl (C=O) groups excluding carboxylic acids is 1. The molecule has 2 atom stereocenters. The zero-order chi connectivity index (χ0) is 15.8. The lowest BCUT2D eigenvalue weighted by Crippen LogP contribution is -2.33. The number of nitrogens with two attached hydrogens (primary N) is 1. The van der Waals surface area contributed by atoms with E-state index in [-0.39, 0.29) is 18.9 Å². The molecule has 2 aromatic carbocycles. The Balaban J connectivity index is 2.12. The molecule has 2 rings (SSSR count). The zero-order valence-electron chi connectivity index (χ0n) is 12.4. The van der Waals surface area contributed by atoms with Crippen LogP contribution in [0.5, 0.6) is 0 Å². The first-order valence-corrected chi connectivity index (χ1v) is 7.33. The highest BCUT2D eigenvalue weighted by molar-refractivity contribution is 5.99. The molecular formula is C18H21NO3. The fraction of sp³-hybridized carbons (Fsp3) is 0.278. The molecule has 4 heteroatoms. The van der Waals surface area contributed by atoms with Crippen molar-refractivity contribution in [3.8, 4) is 0 Å². The Morgan fingerprint density at radius 1 is 1.05 bits per heavy atom. The fourth-order valence-electron chi connectivity index (χ4n) is 2.14. The molecule has 0 heterocycles. The Kier molecular flexibility index (Phi) is 6.27. The summed E-state index contributed by atoms with van der Waals surface area (Å²) in [7, 11) is 0. The molecule has 0 saturated heterocycles. The lowest BCUT2D eigenvalue weighted by atomic mass is 10.00. The molecule has 2 unspecified atom stereocenters. The van der Waals surface area contributed by atoms with Crippen molar-refractivity contribution in [1.82, 2.24) is 0 Å². The second kappa shape index (κ2) is 8.44.